The van der Waals surface area contributed by atoms with Crippen LogP contribution in [-0.4, -0.2) is 14.8 Å². The first kappa shape index (κ1) is 7.60. The second kappa shape index (κ2) is 3.14. The van der Waals surface area contributed by atoms with E-state index in [1.165, 1.54) is 6.20 Å². The first-order valence-electron chi connectivity index (χ1n) is 3.68. The number of hydrogen-bond acceptors (Lipinski definition) is 4. The second-order valence-corrected chi connectivity index (χ2v) is 2.45. The Kier molecular flexibility index (Phi) is 1.84. The van der Waals surface area contributed by atoms with Crippen LogP contribution in [0.3, 0.4) is 0 Å². The maximum absolute atomic E-state index is 10.1. The Bertz CT molecular complexity index is 409. The van der Waals surface area contributed by atoms with E-state index in [9.17, 15) is 4.91 Å². The van der Waals surface area contributed by atoms with Gasteiger partial charge in [0.05, 0.1) is 24.3 Å². The van der Waals surface area contributed by atoms with Crippen LogP contribution in [-0.2, 0) is 0 Å². The highest BCUT2D eigenvalue weighted by Crippen LogP contribution is 2.12. The molecule has 64 valence electrons. The molecular weight excluding hydrogens is 168 g/mol. The summed E-state index contributed by atoms with van der Waals surface area (Å²) >= 11 is 0. The van der Waals surface area contributed by atoms with Crippen LogP contribution in [0, 0.1) is 4.91 Å². The Morgan fingerprint density at radius 1 is 1.38 bits per heavy atom. The highest BCUT2D eigenvalue weighted by molar-refractivity contribution is 5.35. The Labute approximate surface area is 74.0 Å². The topological polar surface area (TPSA) is 60.1 Å². The fourth-order valence-corrected chi connectivity index (χ4v) is 0.991. The molecule has 0 aromatic carbocycles. The number of rotatable bonds is 2. The third kappa shape index (κ3) is 1.44. The molecule has 0 unspecified atom stereocenters. The highest BCUT2D eigenvalue weighted by atomic mass is 16.3. The van der Waals surface area contributed by atoms with Crippen molar-refractivity contribution in [3.8, 4) is 5.69 Å². The minimum Gasteiger partial charge on any atom is -0.262 e. The quantitative estimate of drug-likeness (QED) is 0.650. The Hall–Kier alpha value is -2.04. The Balaban J connectivity index is 2.41. The molecule has 2 aromatic heterocycles. The SMILES string of the molecule is O=Nc1cnn(-c2cccnc2)c1. The number of nitrogens with zero attached hydrogens (tertiary/aromatic N) is 4. The highest BCUT2D eigenvalue weighted by Gasteiger charge is 1.99. The zero-order valence-corrected chi connectivity index (χ0v) is 6.66. The molecule has 2 aromatic rings. The second-order valence-electron chi connectivity index (χ2n) is 2.45. The first-order chi connectivity index (χ1) is 6.40. The molecule has 0 bridgehead atoms. The van der Waals surface area contributed by atoms with E-state index in [4.69, 9.17) is 0 Å². The monoisotopic (exact) mass is 174 g/mol. The molecule has 0 spiro atoms. The van der Waals surface area contributed by atoms with Gasteiger partial charge in [0, 0.05) is 6.20 Å². The van der Waals surface area contributed by atoms with Gasteiger partial charge in [-0.05, 0) is 17.3 Å². The van der Waals surface area contributed by atoms with E-state index in [0.717, 1.165) is 5.69 Å². The lowest BCUT2D eigenvalue weighted by molar-refractivity contribution is 0.874. The largest absolute Gasteiger partial charge is 0.262 e. The molecule has 2 heterocycles. The molecule has 0 saturated carbocycles. The third-order valence-electron chi connectivity index (χ3n) is 1.58. The zero-order chi connectivity index (χ0) is 9.10. The van der Waals surface area contributed by atoms with Crippen LogP contribution in [0.15, 0.2) is 42.1 Å². The molecule has 0 fully saturated rings. The average molecular weight is 174 g/mol. The van der Waals surface area contributed by atoms with Crippen LogP contribution in [0.5, 0.6) is 0 Å². The molecule has 0 aliphatic rings. The standard InChI is InChI=1S/C8H6N4O/c13-11-7-4-10-12(6-7)8-2-1-3-9-5-8/h1-6H. The first-order valence-corrected chi connectivity index (χ1v) is 3.68. The van der Waals surface area contributed by atoms with Crippen LogP contribution < -0.4 is 0 Å². The predicted octanol–water partition coefficient (Wildman–Crippen LogP) is 1.67. The fraction of sp³-hybridized carbons (Fsp3) is 0. The van der Waals surface area contributed by atoms with Gasteiger partial charge in [0.15, 0.2) is 0 Å². The van der Waals surface area contributed by atoms with Crippen molar-refractivity contribution in [1.82, 2.24) is 14.8 Å². The van der Waals surface area contributed by atoms with E-state index in [1.807, 2.05) is 6.07 Å². The van der Waals surface area contributed by atoms with E-state index in [2.05, 4.69) is 15.3 Å². The van der Waals surface area contributed by atoms with Gasteiger partial charge in [0.25, 0.3) is 0 Å². The summed E-state index contributed by atoms with van der Waals surface area (Å²) in [7, 11) is 0. The molecule has 0 radical (unpaired) electrons. The maximum Gasteiger partial charge on any atom is 0.146 e. The van der Waals surface area contributed by atoms with Gasteiger partial charge in [-0.1, -0.05) is 0 Å². The smallest absolute Gasteiger partial charge is 0.146 e. The number of aromatic nitrogens is 3. The van der Waals surface area contributed by atoms with Crippen molar-refractivity contribution in [1.29, 1.82) is 0 Å². The van der Waals surface area contributed by atoms with Crippen LogP contribution in [0.1, 0.15) is 0 Å². The minimum atomic E-state index is 0.309. The molecule has 0 N–H and O–H groups in total. The minimum absolute atomic E-state index is 0.309. The van der Waals surface area contributed by atoms with Crippen molar-refractivity contribution in [3.05, 3.63) is 41.8 Å². The lowest BCUT2D eigenvalue weighted by Gasteiger charge is -1.96. The van der Waals surface area contributed by atoms with Crippen molar-refractivity contribution in [2.75, 3.05) is 0 Å². The molecule has 0 aliphatic heterocycles. The molecule has 2 rings (SSSR count). The number of pyridine rings is 1. The van der Waals surface area contributed by atoms with Gasteiger partial charge in [-0.2, -0.15) is 5.10 Å². The van der Waals surface area contributed by atoms with Crippen molar-refractivity contribution in [2.45, 2.75) is 0 Å². The molecule has 0 saturated heterocycles. The predicted molar refractivity (Wildman–Crippen MR) is 46.8 cm³/mol. The normalized spacial score (nSPS) is 9.85. The zero-order valence-electron chi connectivity index (χ0n) is 6.66. The summed E-state index contributed by atoms with van der Waals surface area (Å²) in [6, 6.07) is 3.64. The molecule has 13 heavy (non-hydrogen) atoms. The van der Waals surface area contributed by atoms with Gasteiger partial charge >= 0.3 is 0 Å². The van der Waals surface area contributed by atoms with Crippen LogP contribution >= 0.6 is 0 Å². The third-order valence-corrected chi connectivity index (χ3v) is 1.58. The van der Waals surface area contributed by atoms with E-state index in [-0.39, 0.29) is 0 Å². The lowest BCUT2D eigenvalue weighted by atomic mass is 10.4. The average Bonchev–Trinajstić information content (AvgIpc) is 2.67. The summed E-state index contributed by atoms with van der Waals surface area (Å²) in [6.45, 7) is 0. The van der Waals surface area contributed by atoms with Crippen molar-refractivity contribution in [2.24, 2.45) is 5.18 Å². The Morgan fingerprint density at radius 3 is 2.92 bits per heavy atom. The summed E-state index contributed by atoms with van der Waals surface area (Å²) in [5.74, 6) is 0. The van der Waals surface area contributed by atoms with E-state index >= 15 is 0 Å². The van der Waals surface area contributed by atoms with Gasteiger partial charge in [-0.25, -0.2) is 4.68 Å². The summed E-state index contributed by atoms with van der Waals surface area (Å²) in [5.41, 5.74) is 1.11. The van der Waals surface area contributed by atoms with Gasteiger partial charge in [0.1, 0.15) is 5.69 Å². The van der Waals surface area contributed by atoms with Crippen molar-refractivity contribution >= 4 is 5.69 Å². The maximum atomic E-state index is 10.1. The number of hydrogen-bond donors (Lipinski definition) is 0. The van der Waals surface area contributed by atoms with Crippen molar-refractivity contribution < 1.29 is 0 Å². The van der Waals surface area contributed by atoms with Crippen molar-refractivity contribution in [3.63, 3.8) is 0 Å². The van der Waals surface area contributed by atoms with E-state index in [0.29, 0.717) is 5.69 Å². The molecule has 0 atom stereocenters. The van der Waals surface area contributed by atoms with Gasteiger partial charge < -0.3 is 0 Å². The molecule has 5 nitrogen and oxygen atoms in total. The van der Waals surface area contributed by atoms with E-state index < -0.39 is 0 Å². The number of nitroso groups, excluding NO2 is 1. The fourth-order valence-electron chi connectivity index (χ4n) is 0.991. The summed E-state index contributed by atoms with van der Waals surface area (Å²) in [5, 5.41) is 6.70. The lowest BCUT2D eigenvalue weighted by Crippen LogP contribution is -1.93. The van der Waals surface area contributed by atoms with Crippen LogP contribution in [0.25, 0.3) is 5.69 Å². The summed E-state index contributed by atoms with van der Waals surface area (Å²) in [4.78, 5) is 14.1. The van der Waals surface area contributed by atoms with Gasteiger partial charge in [-0.15, -0.1) is 4.91 Å². The molecule has 5 heteroatoms. The van der Waals surface area contributed by atoms with Crippen LogP contribution in [0.2, 0.25) is 0 Å². The van der Waals surface area contributed by atoms with Gasteiger partial charge in [0.2, 0.25) is 0 Å². The van der Waals surface area contributed by atoms with Gasteiger partial charge in [-0.3, -0.25) is 4.98 Å². The molecule has 0 aliphatic carbocycles. The summed E-state index contributed by atoms with van der Waals surface area (Å²) < 4.78 is 1.55. The molecule has 0 amide bonds. The van der Waals surface area contributed by atoms with Crippen LogP contribution in [0.4, 0.5) is 5.69 Å². The Morgan fingerprint density at radius 2 is 2.31 bits per heavy atom. The molecular formula is C8H6N4O. The summed E-state index contributed by atoms with van der Waals surface area (Å²) in [6.07, 6.45) is 6.28. The van der Waals surface area contributed by atoms with E-state index in [1.54, 1.807) is 29.3 Å².